The largest absolute Gasteiger partial charge is 0.326 e. The molecule has 2 nitrogen and oxygen atoms in total. The minimum absolute atomic E-state index is 0.121. The third-order valence-corrected chi connectivity index (χ3v) is 4.97. The summed E-state index contributed by atoms with van der Waals surface area (Å²) in [6.45, 7) is 2.10. The van der Waals surface area contributed by atoms with Crippen LogP contribution in [0.3, 0.4) is 0 Å². The number of alkyl halides is 1. The Balaban J connectivity index is 1.91. The minimum Gasteiger partial charge on any atom is -0.326 e. The van der Waals surface area contributed by atoms with Crippen molar-refractivity contribution < 1.29 is 4.79 Å². The minimum atomic E-state index is 0.121. The second-order valence-corrected chi connectivity index (χ2v) is 6.51. The summed E-state index contributed by atoms with van der Waals surface area (Å²) in [6.07, 6.45) is 2.48. The summed E-state index contributed by atoms with van der Waals surface area (Å²) in [4.78, 5) is 11.8. The number of rotatable bonds is 2. The molecule has 0 saturated carbocycles. The molecule has 1 N–H and O–H groups in total. The molecule has 0 aliphatic carbocycles. The fourth-order valence-corrected chi connectivity index (χ4v) is 3.27. The van der Waals surface area contributed by atoms with Crippen molar-refractivity contribution in [3.63, 3.8) is 0 Å². The normalized spacial score (nSPS) is 15.8. The van der Waals surface area contributed by atoms with E-state index in [1.165, 1.54) is 22.3 Å². The highest BCUT2D eigenvalue weighted by Gasteiger charge is 2.16. The van der Waals surface area contributed by atoms with Crippen LogP contribution >= 0.6 is 15.9 Å². The Hall–Kier alpha value is -1.61. The van der Waals surface area contributed by atoms with Gasteiger partial charge in [0, 0.05) is 12.1 Å². The van der Waals surface area contributed by atoms with Crippen LogP contribution in [0.25, 0.3) is 0 Å². The number of aryl methyl sites for hydroxylation is 2. The molecule has 2 aromatic rings. The fourth-order valence-electron chi connectivity index (χ4n) is 2.68. The van der Waals surface area contributed by atoms with Gasteiger partial charge < -0.3 is 5.32 Å². The number of benzene rings is 2. The van der Waals surface area contributed by atoms with Crippen molar-refractivity contribution in [3.05, 3.63) is 64.7 Å². The van der Waals surface area contributed by atoms with Crippen LogP contribution in [0.1, 0.15) is 39.9 Å². The van der Waals surface area contributed by atoms with Crippen molar-refractivity contribution >= 4 is 27.5 Å². The molecule has 1 atom stereocenters. The number of hydrogen-bond acceptors (Lipinski definition) is 1. The number of hydrogen-bond donors (Lipinski definition) is 1. The molecule has 1 heterocycles. The predicted molar refractivity (Wildman–Crippen MR) is 90.0 cm³/mol. The lowest BCUT2D eigenvalue weighted by atomic mass is 9.99. The van der Waals surface area contributed by atoms with Gasteiger partial charge in [0.15, 0.2) is 0 Å². The van der Waals surface area contributed by atoms with E-state index < -0.39 is 0 Å². The first-order chi connectivity index (χ1) is 10.1. The molecule has 0 spiro atoms. The van der Waals surface area contributed by atoms with E-state index in [0.717, 1.165) is 18.5 Å². The Morgan fingerprint density at radius 2 is 1.76 bits per heavy atom. The molecule has 0 bridgehead atoms. The summed E-state index contributed by atoms with van der Waals surface area (Å²) in [5.41, 5.74) is 5.94. The fraction of sp³-hybridized carbons (Fsp3) is 0.278. The van der Waals surface area contributed by atoms with Gasteiger partial charge in [-0.3, -0.25) is 4.79 Å². The molecule has 0 radical (unpaired) electrons. The van der Waals surface area contributed by atoms with E-state index in [2.05, 4.69) is 64.6 Å². The van der Waals surface area contributed by atoms with Crippen LogP contribution in [0.15, 0.2) is 42.5 Å². The van der Waals surface area contributed by atoms with Gasteiger partial charge in [0.25, 0.3) is 0 Å². The first-order valence-corrected chi connectivity index (χ1v) is 8.18. The molecule has 0 fully saturated rings. The van der Waals surface area contributed by atoms with E-state index in [1.807, 2.05) is 6.07 Å². The molecule has 1 unspecified atom stereocenters. The summed E-state index contributed by atoms with van der Waals surface area (Å²) in [6, 6.07) is 14.9. The predicted octanol–water partition coefficient (Wildman–Crippen LogP) is 4.75. The van der Waals surface area contributed by atoms with Gasteiger partial charge in [0.1, 0.15) is 0 Å². The Kier molecular flexibility index (Phi) is 4.11. The summed E-state index contributed by atoms with van der Waals surface area (Å²) in [7, 11) is 0. The lowest BCUT2D eigenvalue weighted by molar-refractivity contribution is -0.116. The lowest BCUT2D eigenvalue weighted by Crippen LogP contribution is -2.09. The molecular weight excluding hydrogens is 326 g/mol. The van der Waals surface area contributed by atoms with E-state index in [-0.39, 0.29) is 10.7 Å². The first kappa shape index (κ1) is 14.3. The van der Waals surface area contributed by atoms with E-state index >= 15 is 0 Å². The van der Waals surface area contributed by atoms with Crippen molar-refractivity contribution in [1.29, 1.82) is 0 Å². The Morgan fingerprint density at radius 3 is 2.52 bits per heavy atom. The Bertz CT molecular complexity index is 663. The summed E-state index contributed by atoms with van der Waals surface area (Å²) in [5, 5.41) is 2.98. The molecule has 1 aliphatic rings. The highest BCUT2D eigenvalue weighted by molar-refractivity contribution is 9.09. The maximum absolute atomic E-state index is 11.6. The zero-order valence-electron chi connectivity index (χ0n) is 12.0. The SMILES string of the molecule is Cc1ccc(C(Br)c2ccc3c(c2)CCCC(=O)N3)cc1. The van der Waals surface area contributed by atoms with Crippen LogP contribution < -0.4 is 5.32 Å². The molecule has 2 aromatic carbocycles. The van der Waals surface area contributed by atoms with Crippen LogP contribution in [-0.2, 0) is 11.2 Å². The van der Waals surface area contributed by atoms with Crippen LogP contribution in [0.5, 0.6) is 0 Å². The monoisotopic (exact) mass is 343 g/mol. The molecular formula is C18H18BrNO. The zero-order chi connectivity index (χ0) is 14.8. The molecule has 108 valence electrons. The Morgan fingerprint density at radius 1 is 1.05 bits per heavy atom. The van der Waals surface area contributed by atoms with Gasteiger partial charge in [-0.1, -0.05) is 57.9 Å². The molecule has 1 amide bonds. The Labute approximate surface area is 133 Å². The zero-order valence-corrected chi connectivity index (χ0v) is 13.6. The highest BCUT2D eigenvalue weighted by Crippen LogP contribution is 2.34. The molecule has 3 rings (SSSR count). The number of carbonyl (C=O) groups is 1. The summed E-state index contributed by atoms with van der Waals surface area (Å²) in [5.74, 6) is 0.121. The summed E-state index contributed by atoms with van der Waals surface area (Å²) >= 11 is 3.79. The smallest absolute Gasteiger partial charge is 0.224 e. The lowest BCUT2D eigenvalue weighted by Gasteiger charge is -2.14. The van der Waals surface area contributed by atoms with Crippen LogP contribution in [-0.4, -0.2) is 5.91 Å². The average molecular weight is 344 g/mol. The third-order valence-electron chi connectivity index (χ3n) is 3.92. The van der Waals surface area contributed by atoms with Gasteiger partial charge in [-0.2, -0.15) is 0 Å². The number of fused-ring (bicyclic) bond motifs is 1. The first-order valence-electron chi connectivity index (χ1n) is 7.27. The van der Waals surface area contributed by atoms with E-state index in [4.69, 9.17) is 0 Å². The standard InChI is InChI=1S/C18H18BrNO/c1-12-5-7-13(8-6-12)18(19)15-9-10-16-14(11-15)3-2-4-17(21)20-16/h5-11,18H,2-4H2,1H3,(H,20,21). The van der Waals surface area contributed by atoms with Gasteiger partial charge in [-0.15, -0.1) is 0 Å². The second kappa shape index (κ2) is 6.02. The van der Waals surface area contributed by atoms with E-state index in [9.17, 15) is 4.79 Å². The summed E-state index contributed by atoms with van der Waals surface area (Å²) < 4.78 is 0. The maximum atomic E-state index is 11.6. The van der Waals surface area contributed by atoms with Crippen molar-refractivity contribution in [2.75, 3.05) is 5.32 Å². The number of anilines is 1. The van der Waals surface area contributed by atoms with Gasteiger partial charge in [0.05, 0.1) is 4.83 Å². The van der Waals surface area contributed by atoms with Crippen molar-refractivity contribution in [1.82, 2.24) is 0 Å². The second-order valence-electron chi connectivity index (χ2n) is 5.59. The van der Waals surface area contributed by atoms with Crippen molar-refractivity contribution in [2.45, 2.75) is 31.0 Å². The highest BCUT2D eigenvalue weighted by atomic mass is 79.9. The van der Waals surface area contributed by atoms with Crippen molar-refractivity contribution in [3.8, 4) is 0 Å². The van der Waals surface area contributed by atoms with E-state index in [1.54, 1.807) is 0 Å². The van der Waals surface area contributed by atoms with Gasteiger partial charge >= 0.3 is 0 Å². The van der Waals surface area contributed by atoms with E-state index in [0.29, 0.717) is 6.42 Å². The van der Waals surface area contributed by atoms with Gasteiger partial charge in [0.2, 0.25) is 5.91 Å². The molecule has 0 saturated heterocycles. The molecule has 0 aromatic heterocycles. The molecule has 21 heavy (non-hydrogen) atoms. The number of halogens is 1. The van der Waals surface area contributed by atoms with Crippen LogP contribution in [0, 0.1) is 6.92 Å². The van der Waals surface area contributed by atoms with Gasteiger partial charge in [-0.05, 0) is 42.5 Å². The van der Waals surface area contributed by atoms with Crippen molar-refractivity contribution in [2.24, 2.45) is 0 Å². The molecule has 3 heteroatoms. The molecule has 1 aliphatic heterocycles. The quantitative estimate of drug-likeness (QED) is 0.783. The topological polar surface area (TPSA) is 29.1 Å². The number of amides is 1. The number of carbonyl (C=O) groups excluding carboxylic acids is 1. The number of nitrogens with one attached hydrogen (secondary N) is 1. The van der Waals surface area contributed by atoms with Crippen LogP contribution in [0.2, 0.25) is 0 Å². The average Bonchev–Trinajstić information content (AvgIpc) is 2.67. The van der Waals surface area contributed by atoms with Crippen LogP contribution in [0.4, 0.5) is 5.69 Å². The third kappa shape index (κ3) is 3.18. The maximum Gasteiger partial charge on any atom is 0.224 e. The van der Waals surface area contributed by atoms with Gasteiger partial charge in [-0.25, -0.2) is 0 Å².